The van der Waals surface area contributed by atoms with Gasteiger partial charge in [-0.3, -0.25) is 4.79 Å². The second-order valence-corrected chi connectivity index (χ2v) is 7.52. The molecule has 1 heterocycles. The Labute approximate surface area is 170 Å². The van der Waals surface area contributed by atoms with E-state index >= 15 is 0 Å². The lowest BCUT2D eigenvalue weighted by Gasteiger charge is -2.21. The van der Waals surface area contributed by atoms with E-state index < -0.39 is 0 Å². The summed E-state index contributed by atoms with van der Waals surface area (Å²) in [6.45, 7) is 5.78. The number of nitrogens with one attached hydrogen (secondary N) is 1. The number of para-hydroxylation sites is 1. The third-order valence-corrected chi connectivity index (χ3v) is 5.43. The van der Waals surface area contributed by atoms with Crippen LogP contribution in [0.3, 0.4) is 0 Å². The number of carbonyl (C=O) groups excluding carboxylic acids is 1. The average Bonchev–Trinajstić information content (AvgIpc) is 3.02. The quantitative estimate of drug-likeness (QED) is 0.491. The van der Waals surface area contributed by atoms with Crippen molar-refractivity contribution >= 4 is 40.0 Å². The number of carbonyl (C=O) groups is 1. The lowest BCUT2D eigenvalue weighted by molar-refractivity contribution is -0.130. The minimum absolute atomic E-state index is 0.157. The third-order valence-electron chi connectivity index (χ3n) is 4.69. The van der Waals surface area contributed by atoms with Crippen LogP contribution in [-0.2, 0) is 11.2 Å². The Balaban J connectivity index is 2.05. The molecule has 0 saturated carbocycles. The fraction of sp³-hybridized carbons (Fsp3) is 0.318. The van der Waals surface area contributed by atoms with E-state index in [1.54, 1.807) is 6.07 Å². The van der Waals surface area contributed by atoms with Crippen LogP contribution >= 0.6 is 23.2 Å². The van der Waals surface area contributed by atoms with Gasteiger partial charge in [-0.15, -0.1) is 0 Å². The standard InChI is InChI=1S/C22H24Cl2N2O/c1-3-11-26(12-4-2)21(27)14-17-16-7-5-6-8-20(16)25-22(17)15-9-10-18(23)19(24)13-15/h5-10,13,25H,3-4,11-12,14H2,1-2H3. The minimum Gasteiger partial charge on any atom is -0.354 e. The predicted molar refractivity (Wildman–Crippen MR) is 115 cm³/mol. The molecule has 5 heteroatoms. The van der Waals surface area contributed by atoms with Crippen LogP contribution in [0.15, 0.2) is 42.5 Å². The van der Waals surface area contributed by atoms with Crippen molar-refractivity contribution in [2.45, 2.75) is 33.1 Å². The highest BCUT2D eigenvalue weighted by Crippen LogP contribution is 2.34. The van der Waals surface area contributed by atoms with Crippen LogP contribution < -0.4 is 0 Å². The summed E-state index contributed by atoms with van der Waals surface area (Å²) in [6, 6.07) is 13.6. The molecule has 142 valence electrons. The first-order valence-electron chi connectivity index (χ1n) is 9.37. The van der Waals surface area contributed by atoms with Gasteiger partial charge in [-0.1, -0.05) is 61.3 Å². The molecule has 0 fully saturated rings. The SMILES string of the molecule is CCCN(CCC)C(=O)Cc1c(-c2ccc(Cl)c(Cl)c2)[nH]c2ccccc12. The zero-order valence-corrected chi connectivity index (χ0v) is 17.2. The van der Waals surface area contributed by atoms with Gasteiger partial charge in [0.1, 0.15) is 0 Å². The lowest BCUT2D eigenvalue weighted by atomic mass is 10.0. The first-order valence-corrected chi connectivity index (χ1v) is 10.1. The number of rotatable bonds is 7. The van der Waals surface area contributed by atoms with E-state index in [0.717, 1.165) is 53.7 Å². The van der Waals surface area contributed by atoms with Gasteiger partial charge >= 0.3 is 0 Å². The number of hydrogen-bond acceptors (Lipinski definition) is 1. The van der Waals surface area contributed by atoms with Gasteiger partial charge in [0, 0.05) is 24.0 Å². The molecule has 1 N–H and O–H groups in total. The van der Waals surface area contributed by atoms with Crippen LogP contribution in [-0.4, -0.2) is 28.9 Å². The van der Waals surface area contributed by atoms with Crippen LogP contribution in [0.4, 0.5) is 0 Å². The van der Waals surface area contributed by atoms with Crippen LogP contribution in [0.5, 0.6) is 0 Å². The summed E-state index contributed by atoms with van der Waals surface area (Å²) in [5, 5.41) is 2.09. The number of nitrogens with zero attached hydrogens (tertiary/aromatic N) is 1. The van der Waals surface area contributed by atoms with Crippen LogP contribution in [0.25, 0.3) is 22.2 Å². The topological polar surface area (TPSA) is 36.1 Å². The largest absolute Gasteiger partial charge is 0.354 e. The Morgan fingerprint density at radius 1 is 1.00 bits per heavy atom. The van der Waals surface area contributed by atoms with Crippen LogP contribution in [0.1, 0.15) is 32.3 Å². The summed E-state index contributed by atoms with van der Waals surface area (Å²) < 4.78 is 0. The van der Waals surface area contributed by atoms with Crippen molar-refractivity contribution in [3.05, 3.63) is 58.1 Å². The Bertz CT molecular complexity index is 943. The second-order valence-electron chi connectivity index (χ2n) is 6.71. The Kier molecular flexibility index (Phi) is 6.46. The van der Waals surface area contributed by atoms with E-state index in [1.807, 2.05) is 35.2 Å². The summed E-state index contributed by atoms with van der Waals surface area (Å²) in [5.74, 6) is 0.157. The maximum absolute atomic E-state index is 13.0. The average molecular weight is 403 g/mol. The van der Waals surface area contributed by atoms with E-state index in [2.05, 4.69) is 24.9 Å². The number of aromatic nitrogens is 1. The summed E-state index contributed by atoms with van der Waals surface area (Å²) >= 11 is 12.3. The Hall–Kier alpha value is -1.97. The van der Waals surface area contributed by atoms with Crippen molar-refractivity contribution in [3.8, 4) is 11.3 Å². The number of amides is 1. The maximum Gasteiger partial charge on any atom is 0.227 e. The molecule has 3 nitrogen and oxygen atoms in total. The fourth-order valence-corrected chi connectivity index (χ4v) is 3.74. The minimum atomic E-state index is 0.157. The molecule has 3 rings (SSSR count). The molecule has 0 bridgehead atoms. The smallest absolute Gasteiger partial charge is 0.227 e. The molecule has 0 spiro atoms. The van der Waals surface area contributed by atoms with Gasteiger partial charge in [0.25, 0.3) is 0 Å². The molecule has 1 amide bonds. The molecule has 0 atom stereocenters. The van der Waals surface area contributed by atoms with E-state index in [-0.39, 0.29) is 5.91 Å². The third kappa shape index (κ3) is 4.31. The number of hydrogen-bond donors (Lipinski definition) is 1. The summed E-state index contributed by atoms with van der Waals surface area (Å²) in [6.07, 6.45) is 2.28. The summed E-state index contributed by atoms with van der Waals surface area (Å²) in [5.41, 5.74) is 3.88. The lowest BCUT2D eigenvalue weighted by Crippen LogP contribution is -2.33. The highest BCUT2D eigenvalue weighted by molar-refractivity contribution is 6.42. The van der Waals surface area contributed by atoms with Gasteiger partial charge in [0.15, 0.2) is 0 Å². The fourth-order valence-electron chi connectivity index (χ4n) is 3.45. The van der Waals surface area contributed by atoms with Crippen LogP contribution in [0, 0.1) is 0 Å². The van der Waals surface area contributed by atoms with Gasteiger partial charge < -0.3 is 9.88 Å². The maximum atomic E-state index is 13.0. The molecule has 0 saturated heterocycles. The number of aromatic amines is 1. The molecular formula is C22H24Cl2N2O. The summed E-state index contributed by atoms with van der Waals surface area (Å²) in [4.78, 5) is 18.4. The van der Waals surface area contributed by atoms with Gasteiger partial charge in [-0.2, -0.15) is 0 Å². The molecule has 27 heavy (non-hydrogen) atoms. The zero-order valence-electron chi connectivity index (χ0n) is 15.7. The van der Waals surface area contributed by atoms with E-state index in [1.165, 1.54) is 0 Å². The van der Waals surface area contributed by atoms with Crippen LogP contribution in [0.2, 0.25) is 10.0 Å². The predicted octanol–water partition coefficient (Wildman–Crippen LogP) is 6.33. The summed E-state index contributed by atoms with van der Waals surface area (Å²) in [7, 11) is 0. The molecule has 0 radical (unpaired) electrons. The molecular weight excluding hydrogens is 379 g/mol. The number of H-pyrrole nitrogens is 1. The Morgan fingerprint density at radius 2 is 1.70 bits per heavy atom. The van der Waals surface area contributed by atoms with Crippen molar-refractivity contribution in [2.24, 2.45) is 0 Å². The van der Waals surface area contributed by atoms with Gasteiger partial charge in [-0.05, 0) is 42.2 Å². The van der Waals surface area contributed by atoms with Crippen molar-refractivity contribution in [1.82, 2.24) is 9.88 Å². The van der Waals surface area contributed by atoms with Gasteiger partial charge in [0.05, 0.1) is 22.2 Å². The van der Waals surface area contributed by atoms with Crippen molar-refractivity contribution in [3.63, 3.8) is 0 Å². The number of fused-ring (bicyclic) bond motifs is 1. The molecule has 3 aromatic rings. The molecule has 0 aliphatic heterocycles. The first kappa shape index (κ1) is 19.8. The molecule has 0 aliphatic carbocycles. The Morgan fingerprint density at radius 3 is 2.37 bits per heavy atom. The molecule has 0 unspecified atom stereocenters. The van der Waals surface area contributed by atoms with Gasteiger partial charge in [0.2, 0.25) is 5.91 Å². The normalized spacial score (nSPS) is 11.1. The molecule has 1 aromatic heterocycles. The monoisotopic (exact) mass is 402 g/mol. The second kappa shape index (κ2) is 8.81. The molecule has 0 aliphatic rings. The molecule has 2 aromatic carbocycles. The van der Waals surface area contributed by atoms with Gasteiger partial charge in [-0.25, -0.2) is 0 Å². The number of halogens is 2. The van der Waals surface area contributed by atoms with E-state index in [4.69, 9.17) is 23.2 Å². The first-order chi connectivity index (χ1) is 13.0. The van der Waals surface area contributed by atoms with E-state index in [9.17, 15) is 4.79 Å². The number of benzene rings is 2. The zero-order chi connectivity index (χ0) is 19.4. The van der Waals surface area contributed by atoms with Crippen molar-refractivity contribution in [1.29, 1.82) is 0 Å². The van der Waals surface area contributed by atoms with Crippen molar-refractivity contribution < 1.29 is 4.79 Å². The highest BCUT2D eigenvalue weighted by atomic mass is 35.5. The highest BCUT2D eigenvalue weighted by Gasteiger charge is 2.19. The van der Waals surface area contributed by atoms with Crippen molar-refractivity contribution in [2.75, 3.05) is 13.1 Å². The van der Waals surface area contributed by atoms with E-state index in [0.29, 0.717) is 16.5 Å².